The highest BCUT2D eigenvalue weighted by atomic mass is 19.1. The van der Waals surface area contributed by atoms with Crippen LogP contribution in [-0.4, -0.2) is 39.6 Å². The van der Waals surface area contributed by atoms with E-state index >= 15 is 8.78 Å². The molecule has 2 aromatic carbocycles. The lowest BCUT2D eigenvalue weighted by Crippen LogP contribution is -2.24. The van der Waals surface area contributed by atoms with Gasteiger partial charge in [0, 0.05) is 41.3 Å². The maximum absolute atomic E-state index is 15.5. The van der Waals surface area contributed by atoms with Gasteiger partial charge in [0.05, 0.1) is 11.4 Å². The van der Waals surface area contributed by atoms with Crippen LogP contribution in [-0.2, 0) is 12.8 Å². The zero-order chi connectivity index (χ0) is 30.4. The second-order valence-corrected chi connectivity index (χ2v) is 10.7. The van der Waals surface area contributed by atoms with E-state index < -0.39 is 17.3 Å². The van der Waals surface area contributed by atoms with E-state index in [1.807, 2.05) is 31.2 Å². The first-order valence-electron chi connectivity index (χ1n) is 14.4. The van der Waals surface area contributed by atoms with Crippen molar-refractivity contribution in [3.05, 3.63) is 81.4 Å². The fraction of sp³-hybridized carbons (Fsp3) is 0.387. The molecule has 4 rings (SSSR count). The van der Waals surface area contributed by atoms with Crippen molar-refractivity contribution in [2.24, 2.45) is 22.2 Å². The number of aliphatic imine (C=N–C) groups is 1. The highest BCUT2D eigenvalue weighted by Crippen LogP contribution is 2.31. The molecular formula is C31H40F2N8O. The third-order valence-corrected chi connectivity index (χ3v) is 7.38. The van der Waals surface area contributed by atoms with Crippen molar-refractivity contribution in [3.8, 4) is 16.9 Å². The molecule has 2 aromatic heterocycles. The predicted molar refractivity (Wildman–Crippen MR) is 165 cm³/mol. The molecule has 4 aromatic rings. The van der Waals surface area contributed by atoms with Gasteiger partial charge in [-0.2, -0.15) is 4.98 Å². The molecule has 9 nitrogen and oxygen atoms in total. The molecule has 11 heteroatoms. The molecule has 0 amide bonds. The zero-order valence-corrected chi connectivity index (χ0v) is 24.4. The van der Waals surface area contributed by atoms with Gasteiger partial charge in [0.25, 0.3) is 0 Å². The van der Waals surface area contributed by atoms with E-state index in [0.29, 0.717) is 47.4 Å². The summed E-state index contributed by atoms with van der Waals surface area (Å²) >= 11 is 0. The summed E-state index contributed by atoms with van der Waals surface area (Å²) in [5, 5.41) is 4.06. The van der Waals surface area contributed by atoms with Gasteiger partial charge in [-0.3, -0.25) is 9.56 Å². The summed E-state index contributed by atoms with van der Waals surface area (Å²) in [5.74, 6) is -1.03. The molecule has 42 heavy (non-hydrogen) atoms. The number of aromatic nitrogens is 3. The summed E-state index contributed by atoms with van der Waals surface area (Å²) in [6.07, 6.45) is 4.60. The van der Waals surface area contributed by atoms with E-state index in [-0.39, 0.29) is 35.6 Å². The Morgan fingerprint density at radius 2 is 1.86 bits per heavy atom. The minimum absolute atomic E-state index is 0.00976. The second-order valence-electron chi connectivity index (χ2n) is 10.7. The Labute approximate surface area is 244 Å². The van der Waals surface area contributed by atoms with Crippen molar-refractivity contribution in [3.63, 3.8) is 0 Å². The molecule has 0 radical (unpaired) electrons. The molecule has 8 N–H and O–H groups in total. The Hall–Kier alpha value is -4.09. The molecule has 0 aliphatic carbocycles. The number of hydrogen-bond donors (Lipinski definition) is 5. The van der Waals surface area contributed by atoms with Gasteiger partial charge in [-0.1, -0.05) is 19.1 Å². The Bertz CT molecular complexity index is 1600. The highest BCUT2D eigenvalue weighted by molar-refractivity contribution is 5.83. The number of hydrogen-bond acceptors (Lipinski definition) is 5. The number of nitrogens with zero attached hydrogens (tertiary/aromatic N) is 3. The monoisotopic (exact) mass is 578 g/mol. The summed E-state index contributed by atoms with van der Waals surface area (Å²) in [5.41, 5.74) is 19.3. The smallest absolute Gasteiger partial charge is 0.354 e. The summed E-state index contributed by atoms with van der Waals surface area (Å²) in [7, 11) is 0. The first kappa shape index (κ1) is 30.9. The maximum Gasteiger partial charge on any atom is 0.354 e. The first-order valence-corrected chi connectivity index (χ1v) is 14.4. The number of fused-ring (bicyclic) bond motifs is 1. The number of guanidine groups is 1. The van der Waals surface area contributed by atoms with Gasteiger partial charge in [-0.15, -0.1) is 0 Å². The molecule has 0 unspecified atom stereocenters. The third-order valence-electron chi connectivity index (χ3n) is 7.38. The molecule has 0 bridgehead atoms. The molecule has 0 spiro atoms. The van der Waals surface area contributed by atoms with Crippen molar-refractivity contribution in [1.29, 1.82) is 0 Å². The van der Waals surface area contributed by atoms with Gasteiger partial charge in [0.2, 0.25) is 0 Å². The zero-order valence-electron chi connectivity index (χ0n) is 24.4. The summed E-state index contributed by atoms with van der Waals surface area (Å²) < 4.78 is 32.0. The van der Waals surface area contributed by atoms with Crippen LogP contribution in [0.15, 0.2) is 52.4 Å². The molecule has 2 atom stereocenters. The van der Waals surface area contributed by atoms with Crippen LogP contribution in [0.3, 0.4) is 0 Å². The molecular weight excluding hydrogens is 538 g/mol. The molecule has 0 aliphatic heterocycles. The average Bonchev–Trinajstić information content (AvgIpc) is 3.36. The SMILES string of the molecule is CCc1c(F)c(CCC[C@H](C)N)cc(-c2cc3cn(-c4ccc([C@H](C)NCCCN=C(N)N)cc4)c(=O)nc3[nH]2)c1F. The van der Waals surface area contributed by atoms with Gasteiger partial charge in [0.1, 0.15) is 17.3 Å². The molecule has 0 aliphatic rings. The summed E-state index contributed by atoms with van der Waals surface area (Å²) in [4.78, 5) is 24.2. The first-order chi connectivity index (χ1) is 20.1. The normalized spacial score (nSPS) is 12.9. The van der Waals surface area contributed by atoms with Crippen molar-refractivity contribution >= 4 is 17.0 Å². The summed E-state index contributed by atoms with van der Waals surface area (Å²) in [6, 6.07) is 11.0. The van der Waals surface area contributed by atoms with Crippen LogP contribution < -0.4 is 28.2 Å². The third kappa shape index (κ3) is 7.21. The number of halogens is 2. The minimum atomic E-state index is -0.609. The van der Waals surface area contributed by atoms with Crippen molar-refractivity contribution in [2.75, 3.05) is 13.1 Å². The van der Waals surface area contributed by atoms with Gasteiger partial charge >= 0.3 is 5.69 Å². The highest BCUT2D eigenvalue weighted by Gasteiger charge is 2.20. The molecule has 0 saturated heterocycles. The van der Waals surface area contributed by atoms with Gasteiger partial charge in [-0.05, 0) is 87.9 Å². The molecule has 0 saturated carbocycles. The predicted octanol–water partition coefficient (Wildman–Crippen LogP) is 4.21. The Morgan fingerprint density at radius 1 is 1.12 bits per heavy atom. The Morgan fingerprint density at radius 3 is 2.52 bits per heavy atom. The lowest BCUT2D eigenvalue weighted by atomic mass is 9.96. The number of aromatic amines is 1. The van der Waals surface area contributed by atoms with Crippen LogP contribution in [0.1, 0.15) is 62.8 Å². The maximum atomic E-state index is 15.5. The lowest BCUT2D eigenvalue weighted by molar-refractivity contribution is 0.542. The van der Waals surface area contributed by atoms with Gasteiger partial charge < -0.3 is 27.5 Å². The molecule has 2 heterocycles. The van der Waals surface area contributed by atoms with Crippen LogP contribution in [0.2, 0.25) is 0 Å². The molecule has 224 valence electrons. The van der Waals surface area contributed by atoms with E-state index in [1.165, 1.54) is 4.57 Å². The fourth-order valence-corrected chi connectivity index (χ4v) is 5.03. The minimum Gasteiger partial charge on any atom is -0.370 e. The number of rotatable bonds is 13. The lowest BCUT2D eigenvalue weighted by Gasteiger charge is -2.15. The number of nitrogens with one attached hydrogen (secondary N) is 2. The number of aryl methyl sites for hydroxylation is 1. The average molecular weight is 579 g/mol. The van der Waals surface area contributed by atoms with Crippen molar-refractivity contribution in [1.82, 2.24) is 19.9 Å². The van der Waals surface area contributed by atoms with Crippen LogP contribution in [0, 0.1) is 11.6 Å². The second kappa shape index (κ2) is 13.7. The van der Waals surface area contributed by atoms with E-state index in [1.54, 1.807) is 25.3 Å². The van der Waals surface area contributed by atoms with E-state index in [2.05, 4.69) is 27.2 Å². The Balaban J connectivity index is 1.58. The van der Waals surface area contributed by atoms with Gasteiger partial charge in [-0.25, -0.2) is 13.6 Å². The van der Waals surface area contributed by atoms with Crippen LogP contribution in [0.25, 0.3) is 28.0 Å². The number of nitrogens with two attached hydrogens (primary N) is 3. The van der Waals surface area contributed by atoms with Crippen LogP contribution in [0.5, 0.6) is 0 Å². The Kier molecular flexibility index (Phi) is 10.1. The van der Waals surface area contributed by atoms with Crippen molar-refractivity contribution < 1.29 is 8.78 Å². The van der Waals surface area contributed by atoms with E-state index in [4.69, 9.17) is 17.2 Å². The van der Waals surface area contributed by atoms with E-state index in [9.17, 15) is 4.79 Å². The molecule has 0 fully saturated rings. The number of benzene rings is 2. The quantitative estimate of drug-likeness (QED) is 0.0910. The topological polar surface area (TPSA) is 153 Å². The van der Waals surface area contributed by atoms with E-state index in [0.717, 1.165) is 24.9 Å². The van der Waals surface area contributed by atoms with Gasteiger partial charge in [0.15, 0.2) is 5.96 Å². The number of H-pyrrole nitrogens is 1. The van der Waals surface area contributed by atoms with Crippen LogP contribution >= 0.6 is 0 Å². The fourth-order valence-electron chi connectivity index (χ4n) is 5.03. The largest absolute Gasteiger partial charge is 0.370 e. The summed E-state index contributed by atoms with van der Waals surface area (Å²) in [6.45, 7) is 7.00. The standard InChI is InChI=1S/C31H40F2N8O/c1-4-24-27(32)21(8-5-7-18(2)34)15-25(28(24)33)26-16-22-17-41(31(42)40-29(22)39-26)23-11-9-20(10-12-23)19(3)37-13-6-14-38-30(35)36/h9-12,15-19,37H,4-8,13-14,34H2,1-3H3,(H4,35,36,38)(H,39,40,42)/t18-,19-/m0/s1. The van der Waals surface area contributed by atoms with Crippen LogP contribution in [0.4, 0.5) is 8.78 Å². The van der Waals surface area contributed by atoms with Crippen molar-refractivity contribution in [2.45, 2.75) is 65.0 Å².